The Balaban J connectivity index is -0.0000000765. The number of carbonyl (C=O) groups is 2. The highest BCUT2D eigenvalue weighted by atomic mass is 32.3. The molecule has 0 fully saturated rings. The number of carbonyl (C=O) groups excluding carboxylic acids is 2. The number of ether oxygens (including phenoxy) is 2. The topological polar surface area (TPSA) is 134 Å². The fourth-order valence-corrected chi connectivity index (χ4v) is 0.402. The second kappa shape index (κ2) is 26.4. The van der Waals surface area contributed by atoms with Crippen LogP contribution in [-0.2, 0) is 29.5 Å². The fourth-order valence-electron chi connectivity index (χ4n) is 0.402. The third kappa shape index (κ3) is 177. The third-order valence-electron chi connectivity index (χ3n) is 0.907. The Morgan fingerprint density at radius 2 is 0.963 bits per heavy atom. The second-order valence-corrected chi connectivity index (χ2v) is 5.94. The van der Waals surface area contributed by atoms with E-state index in [1.807, 2.05) is 52.1 Å². The van der Waals surface area contributed by atoms with Gasteiger partial charge in [0.15, 0.2) is 0 Å². The van der Waals surface area contributed by atoms with Crippen LogP contribution < -0.4 is 0 Å². The largest absolute Gasteiger partial charge is 0.463 e. The van der Waals surface area contributed by atoms with Gasteiger partial charge < -0.3 is 19.3 Å². The smallest absolute Gasteiger partial charge is 0.394 e. The van der Waals surface area contributed by atoms with Crippen molar-refractivity contribution in [2.24, 2.45) is 0 Å². The zero-order valence-electron chi connectivity index (χ0n) is 17.6. The minimum Gasteiger partial charge on any atom is -0.463 e. The standard InChI is InChI=1S/2C5H8O2.2C3H9N.H2O4S/c2*1-3-5(6)7-4-2;2*1-4(2)3;1-5(2,3)4/h2*3H,1,4H2,2H3;2*1-3H3;(H2,1,2,3,4). The van der Waals surface area contributed by atoms with Gasteiger partial charge in [-0.1, -0.05) is 13.2 Å². The van der Waals surface area contributed by atoms with Crippen molar-refractivity contribution in [3.05, 3.63) is 25.3 Å². The summed E-state index contributed by atoms with van der Waals surface area (Å²) >= 11 is 0. The molecule has 164 valence electrons. The molecule has 11 heteroatoms. The van der Waals surface area contributed by atoms with Gasteiger partial charge in [0.25, 0.3) is 0 Å². The molecule has 0 aromatic heterocycles. The lowest BCUT2D eigenvalue weighted by Crippen LogP contribution is -1.99. The van der Waals surface area contributed by atoms with E-state index in [4.69, 9.17) is 17.5 Å². The van der Waals surface area contributed by atoms with Crippen LogP contribution in [0.25, 0.3) is 0 Å². The molecule has 0 aliphatic carbocycles. The van der Waals surface area contributed by atoms with Crippen LogP contribution >= 0.6 is 0 Å². The van der Waals surface area contributed by atoms with E-state index in [-0.39, 0.29) is 11.9 Å². The lowest BCUT2D eigenvalue weighted by Gasteiger charge is -1.90. The van der Waals surface area contributed by atoms with E-state index in [0.29, 0.717) is 13.2 Å². The van der Waals surface area contributed by atoms with Crippen molar-refractivity contribution >= 4 is 22.3 Å². The number of nitrogens with zero attached hydrogens (tertiary/aromatic N) is 2. The fraction of sp³-hybridized carbons (Fsp3) is 0.625. The molecule has 0 aromatic rings. The van der Waals surface area contributed by atoms with Gasteiger partial charge in [0.1, 0.15) is 0 Å². The van der Waals surface area contributed by atoms with E-state index in [1.54, 1.807) is 13.8 Å². The molecule has 0 aliphatic heterocycles. The minimum atomic E-state index is -4.67. The van der Waals surface area contributed by atoms with Gasteiger partial charge in [-0.15, -0.1) is 0 Å². The lowest BCUT2D eigenvalue weighted by molar-refractivity contribution is -0.138. The van der Waals surface area contributed by atoms with Crippen LogP contribution in [-0.4, -0.2) is 94.8 Å². The Labute approximate surface area is 164 Å². The summed E-state index contributed by atoms with van der Waals surface area (Å²) in [5.41, 5.74) is 0. The van der Waals surface area contributed by atoms with Crippen LogP contribution in [0.15, 0.2) is 25.3 Å². The summed E-state index contributed by atoms with van der Waals surface area (Å²) in [5.74, 6) is -0.718. The molecule has 0 saturated carbocycles. The highest BCUT2D eigenvalue weighted by Crippen LogP contribution is 1.75. The van der Waals surface area contributed by atoms with E-state index in [0.717, 1.165) is 12.2 Å². The van der Waals surface area contributed by atoms with Crippen molar-refractivity contribution in [3.8, 4) is 0 Å². The first kappa shape index (κ1) is 36.2. The molecule has 0 aromatic carbocycles. The highest BCUT2D eigenvalue weighted by Gasteiger charge is 1.87. The summed E-state index contributed by atoms with van der Waals surface area (Å²) in [5, 5.41) is 0. The van der Waals surface area contributed by atoms with Crippen molar-refractivity contribution in [2.75, 3.05) is 55.5 Å². The van der Waals surface area contributed by atoms with Crippen LogP contribution in [0.2, 0.25) is 0 Å². The lowest BCUT2D eigenvalue weighted by atomic mass is 10.6. The van der Waals surface area contributed by atoms with Crippen LogP contribution in [0.1, 0.15) is 13.8 Å². The van der Waals surface area contributed by atoms with E-state index >= 15 is 0 Å². The first-order valence-corrected chi connectivity index (χ1v) is 8.98. The molecule has 0 saturated heterocycles. The Morgan fingerprint density at radius 3 is 1.00 bits per heavy atom. The van der Waals surface area contributed by atoms with Crippen molar-refractivity contribution in [2.45, 2.75) is 13.8 Å². The Kier molecular flexibility index (Phi) is 35.4. The van der Waals surface area contributed by atoms with Crippen LogP contribution in [0, 0.1) is 0 Å². The maximum atomic E-state index is 10.1. The Hall–Kier alpha value is -1.79. The van der Waals surface area contributed by atoms with Gasteiger partial charge in [0.05, 0.1) is 13.2 Å². The number of hydrogen-bond donors (Lipinski definition) is 2. The monoisotopic (exact) mass is 416 g/mol. The van der Waals surface area contributed by atoms with Crippen LogP contribution in [0.3, 0.4) is 0 Å². The maximum Gasteiger partial charge on any atom is 0.394 e. The number of rotatable bonds is 4. The average Bonchev–Trinajstić information content (AvgIpc) is 2.45. The summed E-state index contributed by atoms with van der Waals surface area (Å²) in [6.07, 6.45) is 2.28. The predicted molar refractivity (Wildman–Crippen MR) is 107 cm³/mol. The first-order chi connectivity index (χ1) is 12.1. The van der Waals surface area contributed by atoms with Gasteiger partial charge in [-0.25, -0.2) is 9.59 Å². The molecule has 0 amide bonds. The summed E-state index contributed by atoms with van der Waals surface area (Å²) in [7, 11) is 7.33. The van der Waals surface area contributed by atoms with E-state index in [9.17, 15) is 9.59 Å². The van der Waals surface area contributed by atoms with Gasteiger partial charge in [-0.05, 0) is 56.1 Å². The zero-order valence-corrected chi connectivity index (χ0v) is 18.4. The van der Waals surface area contributed by atoms with Gasteiger partial charge in [-0.3, -0.25) is 9.11 Å². The van der Waals surface area contributed by atoms with Crippen LogP contribution in [0.4, 0.5) is 0 Å². The molecule has 0 spiro atoms. The van der Waals surface area contributed by atoms with Gasteiger partial charge in [0, 0.05) is 12.2 Å². The van der Waals surface area contributed by atoms with Gasteiger partial charge in [-0.2, -0.15) is 8.42 Å². The second-order valence-electron chi connectivity index (χ2n) is 5.04. The summed E-state index contributed by atoms with van der Waals surface area (Å²) in [6.45, 7) is 10.8. The minimum absolute atomic E-state index is 0.359. The van der Waals surface area contributed by atoms with E-state index in [1.165, 1.54) is 0 Å². The number of esters is 2. The Morgan fingerprint density at radius 1 is 0.815 bits per heavy atom. The summed E-state index contributed by atoms with van der Waals surface area (Å²) in [6, 6.07) is 0. The number of hydrogen-bond acceptors (Lipinski definition) is 8. The average molecular weight is 417 g/mol. The quantitative estimate of drug-likeness (QED) is 0.391. The van der Waals surface area contributed by atoms with Gasteiger partial charge in [0.2, 0.25) is 0 Å². The predicted octanol–water partition coefficient (Wildman–Crippen LogP) is 1.17. The van der Waals surface area contributed by atoms with Crippen molar-refractivity contribution in [1.29, 1.82) is 0 Å². The maximum absolute atomic E-state index is 10.1. The van der Waals surface area contributed by atoms with E-state index < -0.39 is 10.4 Å². The van der Waals surface area contributed by atoms with Gasteiger partial charge >= 0.3 is 22.3 Å². The zero-order chi connectivity index (χ0) is 23.1. The molecule has 0 heterocycles. The van der Waals surface area contributed by atoms with E-state index in [2.05, 4.69) is 22.6 Å². The molecule has 0 unspecified atom stereocenters. The van der Waals surface area contributed by atoms with Crippen molar-refractivity contribution in [1.82, 2.24) is 9.80 Å². The Bertz CT molecular complexity index is 422. The molecule has 27 heavy (non-hydrogen) atoms. The molecule has 10 nitrogen and oxygen atoms in total. The molecular weight excluding hydrogens is 380 g/mol. The summed E-state index contributed by atoms with van der Waals surface area (Å²) in [4.78, 5) is 24.1. The molecule has 2 N–H and O–H groups in total. The molecule has 0 aliphatic rings. The highest BCUT2D eigenvalue weighted by molar-refractivity contribution is 7.79. The van der Waals surface area contributed by atoms with Crippen LogP contribution in [0.5, 0.6) is 0 Å². The first-order valence-electron chi connectivity index (χ1n) is 7.58. The molecule has 0 rings (SSSR count). The molecule has 0 bridgehead atoms. The SMILES string of the molecule is C=CC(=O)OCC.C=CC(=O)OCC.CN(C)C.CN(C)C.O=S(=O)(O)O. The molecule has 0 radical (unpaired) electrons. The van der Waals surface area contributed by atoms with Crippen molar-refractivity contribution in [3.63, 3.8) is 0 Å². The molecular formula is C16H36N2O8S. The molecule has 0 atom stereocenters. The normalized spacial score (nSPS) is 8.74. The summed E-state index contributed by atoms with van der Waals surface area (Å²) < 4.78 is 40.5. The van der Waals surface area contributed by atoms with Crippen molar-refractivity contribution < 1.29 is 36.6 Å². The third-order valence-corrected chi connectivity index (χ3v) is 0.907.